The van der Waals surface area contributed by atoms with E-state index >= 15 is 0 Å². The third-order valence-corrected chi connectivity index (χ3v) is 1.43. The van der Waals surface area contributed by atoms with E-state index in [0.717, 1.165) is 0 Å². The van der Waals surface area contributed by atoms with Gasteiger partial charge in [0.25, 0.3) is 0 Å². The molecule has 0 fully saturated rings. The number of hydrogen-bond donors (Lipinski definition) is 0. The van der Waals surface area contributed by atoms with Crippen LogP contribution in [0.1, 0.15) is 20.8 Å². The topological polar surface area (TPSA) is 34.9 Å². The Morgan fingerprint density at radius 2 is 2.17 bits per heavy atom. The SMILES string of the molecule is CC(C)(C)Cn1cccnc1=O. The predicted octanol–water partition coefficient (Wildman–Crippen LogP) is 1.29. The summed E-state index contributed by atoms with van der Waals surface area (Å²) in [4.78, 5) is 14.8. The first-order valence-corrected chi connectivity index (χ1v) is 4.00. The Kier molecular flexibility index (Phi) is 2.31. The highest BCUT2D eigenvalue weighted by atomic mass is 16.1. The summed E-state index contributed by atoms with van der Waals surface area (Å²) >= 11 is 0. The lowest BCUT2D eigenvalue weighted by Gasteiger charge is -2.18. The van der Waals surface area contributed by atoms with E-state index in [0.29, 0.717) is 6.54 Å². The van der Waals surface area contributed by atoms with E-state index in [1.807, 2.05) is 0 Å². The van der Waals surface area contributed by atoms with Crippen LogP contribution in [-0.2, 0) is 6.54 Å². The molecule has 0 N–H and O–H groups in total. The molecule has 0 bridgehead atoms. The summed E-state index contributed by atoms with van der Waals surface area (Å²) in [5.74, 6) is 0. The molecule has 12 heavy (non-hydrogen) atoms. The lowest BCUT2D eigenvalue weighted by Crippen LogP contribution is -2.27. The average molecular weight is 166 g/mol. The highest BCUT2D eigenvalue weighted by molar-refractivity contribution is 4.82. The molecule has 0 aliphatic carbocycles. The van der Waals surface area contributed by atoms with Crippen LogP contribution in [0.25, 0.3) is 0 Å². The first-order valence-electron chi connectivity index (χ1n) is 4.00. The zero-order valence-corrected chi connectivity index (χ0v) is 7.74. The molecule has 0 saturated heterocycles. The largest absolute Gasteiger partial charge is 0.347 e. The van der Waals surface area contributed by atoms with Crippen molar-refractivity contribution in [3.8, 4) is 0 Å². The molecule has 1 heterocycles. The van der Waals surface area contributed by atoms with Gasteiger partial charge in [-0.05, 0) is 11.5 Å². The van der Waals surface area contributed by atoms with Crippen molar-refractivity contribution in [3.63, 3.8) is 0 Å². The molecule has 0 radical (unpaired) electrons. The Morgan fingerprint density at radius 3 is 2.67 bits per heavy atom. The van der Waals surface area contributed by atoms with Crippen molar-refractivity contribution in [3.05, 3.63) is 28.9 Å². The molecular formula is C9H14N2O. The molecule has 3 nitrogen and oxygen atoms in total. The Balaban J connectivity index is 2.91. The fourth-order valence-electron chi connectivity index (χ4n) is 1.02. The summed E-state index contributed by atoms with van der Waals surface area (Å²) in [7, 11) is 0. The molecule has 1 aromatic rings. The van der Waals surface area contributed by atoms with Gasteiger partial charge in [0.2, 0.25) is 0 Å². The van der Waals surface area contributed by atoms with Crippen molar-refractivity contribution >= 4 is 0 Å². The van der Waals surface area contributed by atoms with E-state index in [9.17, 15) is 4.79 Å². The fourth-order valence-corrected chi connectivity index (χ4v) is 1.02. The summed E-state index contributed by atoms with van der Waals surface area (Å²) in [5, 5.41) is 0. The molecule has 66 valence electrons. The van der Waals surface area contributed by atoms with Crippen LogP contribution in [0.3, 0.4) is 0 Å². The monoisotopic (exact) mass is 166 g/mol. The number of nitrogens with zero attached hydrogens (tertiary/aromatic N) is 2. The van der Waals surface area contributed by atoms with Gasteiger partial charge >= 0.3 is 5.69 Å². The van der Waals surface area contributed by atoms with Crippen LogP contribution < -0.4 is 5.69 Å². The smallest absolute Gasteiger partial charge is 0.299 e. The van der Waals surface area contributed by atoms with Crippen LogP contribution in [-0.4, -0.2) is 9.55 Å². The lowest BCUT2D eigenvalue weighted by atomic mass is 9.97. The predicted molar refractivity (Wildman–Crippen MR) is 48.0 cm³/mol. The maximum Gasteiger partial charge on any atom is 0.347 e. The minimum absolute atomic E-state index is 0.118. The van der Waals surface area contributed by atoms with E-state index in [-0.39, 0.29) is 11.1 Å². The van der Waals surface area contributed by atoms with Crippen molar-refractivity contribution in [2.75, 3.05) is 0 Å². The van der Waals surface area contributed by atoms with E-state index in [4.69, 9.17) is 0 Å². The molecule has 0 aromatic carbocycles. The van der Waals surface area contributed by atoms with Crippen LogP contribution in [0, 0.1) is 5.41 Å². The molecular weight excluding hydrogens is 152 g/mol. The minimum atomic E-state index is -0.174. The third-order valence-electron chi connectivity index (χ3n) is 1.43. The van der Waals surface area contributed by atoms with Crippen molar-refractivity contribution in [1.29, 1.82) is 0 Å². The fraction of sp³-hybridized carbons (Fsp3) is 0.556. The van der Waals surface area contributed by atoms with Crippen molar-refractivity contribution in [2.24, 2.45) is 5.41 Å². The summed E-state index contributed by atoms with van der Waals surface area (Å²) in [6, 6.07) is 1.77. The zero-order chi connectivity index (χ0) is 9.19. The van der Waals surface area contributed by atoms with Crippen LogP contribution in [0.4, 0.5) is 0 Å². The standard InChI is InChI=1S/C9H14N2O/c1-9(2,3)7-11-6-4-5-10-8(11)12/h4-6H,7H2,1-3H3. The summed E-state index contributed by atoms with van der Waals surface area (Å²) < 4.78 is 1.62. The quantitative estimate of drug-likeness (QED) is 0.630. The van der Waals surface area contributed by atoms with Crippen LogP contribution in [0.5, 0.6) is 0 Å². The molecule has 0 atom stereocenters. The van der Waals surface area contributed by atoms with Gasteiger partial charge in [-0.1, -0.05) is 20.8 Å². The molecule has 0 spiro atoms. The van der Waals surface area contributed by atoms with Gasteiger partial charge < -0.3 is 0 Å². The maximum atomic E-state index is 11.1. The van der Waals surface area contributed by atoms with Gasteiger partial charge in [0, 0.05) is 18.9 Å². The lowest BCUT2D eigenvalue weighted by molar-refractivity contribution is 0.335. The van der Waals surface area contributed by atoms with Gasteiger partial charge in [0.1, 0.15) is 0 Å². The van der Waals surface area contributed by atoms with E-state index < -0.39 is 0 Å². The molecule has 1 aromatic heterocycles. The van der Waals surface area contributed by atoms with Gasteiger partial charge in [-0.25, -0.2) is 9.78 Å². The summed E-state index contributed by atoms with van der Waals surface area (Å²) in [5.41, 5.74) is -0.0558. The average Bonchev–Trinajstić information content (AvgIpc) is 1.91. The van der Waals surface area contributed by atoms with E-state index in [1.165, 1.54) is 6.20 Å². The Morgan fingerprint density at radius 1 is 1.50 bits per heavy atom. The summed E-state index contributed by atoms with van der Waals surface area (Å²) in [6.07, 6.45) is 3.28. The van der Waals surface area contributed by atoms with Crippen molar-refractivity contribution in [2.45, 2.75) is 27.3 Å². The number of rotatable bonds is 1. The van der Waals surface area contributed by atoms with Crippen LogP contribution in [0.2, 0.25) is 0 Å². The van der Waals surface area contributed by atoms with Gasteiger partial charge in [0.15, 0.2) is 0 Å². The molecule has 0 unspecified atom stereocenters. The second-order valence-corrected chi connectivity index (χ2v) is 4.09. The van der Waals surface area contributed by atoms with E-state index in [2.05, 4.69) is 25.8 Å². The van der Waals surface area contributed by atoms with Crippen molar-refractivity contribution in [1.82, 2.24) is 9.55 Å². The first-order chi connectivity index (χ1) is 5.49. The first kappa shape index (κ1) is 8.97. The van der Waals surface area contributed by atoms with Gasteiger partial charge in [-0.15, -0.1) is 0 Å². The van der Waals surface area contributed by atoms with Gasteiger partial charge in [-0.2, -0.15) is 0 Å². The maximum absolute atomic E-state index is 11.1. The highest BCUT2D eigenvalue weighted by Crippen LogP contribution is 2.14. The van der Waals surface area contributed by atoms with E-state index in [1.54, 1.807) is 16.8 Å². The second-order valence-electron chi connectivity index (χ2n) is 4.09. The van der Waals surface area contributed by atoms with Crippen LogP contribution in [0.15, 0.2) is 23.3 Å². The molecule has 0 aliphatic heterocycles. The van der Waals surface area contributed by atoms with Crippen molar-refractivity contribution < 1.29 is 0 Å². The molecule has 3 heteroatoms. The Labute approximate surface area is 72.1 Å². The van der Waals surface area contributed by atoms with Crippen LogP contribution >= 0.6 is 0 Å². The number of hydrogen-bond acceptors (Lipinski definition) is 2. The normalized spacial score (nSPS) is 11.6. The molecule has 0 aliphatic rings. The third kappa shape index (κ3) is 2.49. The molecule has 0 amide bonds. The van der Waals surface area contributed by atoms with Gasteiger partial charge in [-0.3, -0.25) is 4.57 Å². The zero-order valence-electron chi connectivity index (χ0n) is 7.74. The summed E-state index contributed by atoms with van der Waals surface area (Å²) in [6.45, 7) is 6.98. The highest BCUT2D eigenvalue weighted by Gasteiger charge is 2.11. The Bertz CT molecular complexity index is 309. The Hall–Kier alpha value is -1.12. The number of aromatic nitrogens is 2. The second kappa shape index (κ2) is 3.09. The minimum Gasteiger partial charge on any atom is -0.299 e. The van der Waals surface area contributed by atoms with Gasteiger partial charge in [0.05, 0.1) is 0 Å². The molecule has 1 rings (SSSR count). The molecule has 0 saturated carbocycles.